The Morgan fingerprint density at radius 2 is 2.05 bits per heavy atom. The monoisotopic (exact) mass is 324 g/mol. The second-order valence-corrected chi connectivity index (χ2v) is 5.72. The van der Waals surface area contributed by atoms with Crippen LogP contribution < -0.4 is 0 Å². The van der Waals surface area contributed by atoms with Gasteiger partial charge in [0.25, 0.3) is 0 Å². The lowest BCUT2D eigenvalue weighted by Gasteiger charge is -2.09. The quantitative estimate of drug-likeness (QED) is 0.675. The Kier molecular flexibility index (Phi) is 3.33. The Hall–Kier alpha value is -2.05. The van der Waals surface area contributed by atoms with Gasteiger partial charge in [-0.25, -0.2) is 0 Å². The molecule has 0 saturated carbocycles. The highest BCUT2D eigenvalue weighted by molar-refractivity contribution is 9.10. The first-order valence-electron chi connectivity index (χ1n) is 6.42. The van der Waals surface area contributed by atoms with Gasteiger partial charge in [-0.1, -0.05) is 28.1 Å². The number of hydrogen-bond donors (Lipinski definition) is 0. The van der Waals surface area contributed by atoms with E-state index in [2.05, 4.69) is 64.0 Å². The maximum atomic E-state index is 8.92. The standard InChI is InChI=1S/C17H13BrN2/c1-12-9-13(10-19)5-6-14(12)11-20-8-7-15-16(18)3-2-4-17(15)20/h2-9H,11H2,1H3. The Morgan fingerprint density at radius 3 is 2.80 bits per heavy atom. The third kappa shape index (κ3) is 2.23. The predicted molar refractivity (Wildman–Crippen MR) is 84.6 cm³/mol. The van der Waals surface area contributed by atoms with Gasteiger partial charge in [0.05, 0.1) is 11.6 Å². The average Bonchev–Trinajstić information content (AvgIpc) is 2.86. The van der Waals surface area contributed by atoms with Crippen LogP contribution in [0.15, 0.2) is 53.1 Å². The van der Waals surface area contributed by atoms with E-state index in [4.69, 9.17) is 5.26 Å². The highest BCUT2D eigenvalue weighted by Crippen LogP contribution is 2.25. The molecule has 0 N–H and O–H groups in total. The Labute approximate surface area is 126 Å². The molecule has 1 aromatic heterocycles. The van der Waals surface area contributed by atoms with Crippen molar-refractivity contribution in [1.29, 1.82) is 5.26 Å². The smallest absolute Gasteiger partial charge is 0.0991 e. The normalized spacial score (nSPS) is 10.7. The van der Waals surface area contributed by atoms with Crippen LogP contribution in [0, 0.1) is 18.3 Å². The number of halogens is 1. The number of benzene rings is 2. The summed E-state index contributed by atoms with van der Waals surface area (Å²) < 4.78 is 3.35. The van der Waals surface area contributed by atoms with E-state index in [0.29, 0.717) is 5.56 Å². The summed E-state index contributed by atoms with van der Waals surface area (Å²) in [6.45, 7) is 2.87. The fourth-order valence-electron chi connectivity index (χ4n) is 2.45. The third-order valence-electron chi connectivity index (χ3n) is 3.57. The zero-order valence-corrected chi connectivity index (χ0v) is 12.7. The zero-order chi connectivity index (χ0) is 14.1. The summed E-state index contributed by atoms with van der Waals surface area (Å²) in [4.78, 5) is 0. The summed E-state index contributed by atoms with van der Waals surface area (Å²) in [6, 6.07) is 16.4. The predicted octanol–water partition coefficient (Wildman–Crippen LogP) is 4.63. The molecule has 0 bridgehead atoms. The first-order valence-corrected chi connectivity index (χ1v) is 7.21. The zero-order valence-electron chi connectivity index (χ0n) is 11.1. The van der Waals surface area contributed by atoms with E-state index in [1.807, 2.05) is 18.2 Å². The first-order chi connectivity index (χ1) is 9.69. The second-order valence-electron chi connectivity index (χ2n) is 4.87. The Bertz CT molecular complexity index is 825. The van der Waals surface area contributed by atoms with Gasteiger partial charge in [0.2, 0.25) is 0 Å². The molecule has 1 heterocycles. The molecular weight excluding hydrogens is 312 g/mol. The summed E-state index contributed by atoms with van der Waals surface area (Å²) in [5, 5.41) is 10.1. The summed E-state index contributed by atoms with van der Waals surface area (Å²) in [5.41, 5.74) is 4.32. The first kappa shape index (κ1) is 13.0. The number of rotatable bonds is 2. The van der Waals surface area contributed by atoms with Crippen LogP contribution in [0.1, 0.15) is 16.7 Å². The highest BCUT2D eigenvalue weighted by Gasteiger charge is 2.06. The van der Waals surface area contributed by atoms with E-state index in [1.165, 1.54) is 16.5 Å². The molecule has 0 radical (unpaired) electrons. The van der Waals surface area contributed by atoms with Crippen LogP contribution in [0.25, 0.3) is 10.9 Å². The van der Waals surface area contributed by atoms with Crippen molar-refractivity contribution >= 4 is 26.8 Å². The van der Waals surface area contributed by atoms with Crippen LogP contribution in [-0.4, -0.2) is 4.57 Å². The van der Waals surface area contributed by atoms with Crippen LogP contribution in [0.4, 0.5) is 0 Å². The van der Waals surface area contributed by atoms with Crippen molar-refractivity contribution in [2.45, 2.75) is 13.5 Å². The van der Waals surface area contributed by atoms with Crippen LogP contribution in [-0.2, 0) is 6.54 Å². The summed E-state index contributed by atoms with van der Waals surface area (Å²) in [7, 11) is 0. The minimum atomic E-state index is 0.714. The molecule has 0 spiro atoms. The number of nitriles is 1. The number of fused-ring (bicyclic) bond motifs is 1. The number of nitrogens with zero attached hydrogens (tertiary/aromatic N) is 2. The minimum Gasteiger partial charge on any atom is -0.343 e. The summed E-state index contributed by atoms with van der Waals surface area (Å²) in [6.07, 6.45) is 2.10. The van der Waals surface area contributed by atoms with Crippen LogP contribution >= 0.6 is 15.9 Å². The molecule has 0 aliphatic carbocycles. The lowest BCUT2D eigenvalue weighted by atomic mass is 10.1. The molecule has 3 heteroatoms. The van der Waals surface area contributed by atoms with Crippen LogP contribution in [0.3, 0.4) is 0 Å². The van der Waals surface area contributed by atoms with Gasteiger partial charge in [-0.15, -0.1) is 0 Å². The van der Waals surface area contributed by atoms with Crippen molar-refractivity contribution in [1.82, 2.24) is 4.57 Å². The van der Waals surface area contributed by atoms with Gasteiger partial charge < -0.3 is 4.57 Å². The molecule has 0 aliphatic rings. The second kappa shape index (κ2) is 5.15. The molecule has 2 aromatic carbocycles. The van der Waals surface area contributed by atoms with Crippen molar-refractivity contribution in [3.63, 3.8) is 0 Å². The van der Waals surface area contributed by atoms with E-state index >= 15 is 0 Å². The molecular formula is C17H13BrN2. The van der Waals surface area contributed by atoms with E-state index in [1.54, 1.807) is 0 Å². The summed E-state index contributed by atoms with van der Waals surface area (Å²) in [5.74, 6) is 0. The third-order valence-corrected chi connectivity index (χ3v) is 4.26. The van der Waals surface area contributed by atoms with Crippen LogP contribution in [0.2, 0.25) is 0 Å². The number of aromatic nitrogens is 1. The largest absolute Gasteiger partial charge is 0.343 e. The van der Waals surface area contributed by atoms with E-state index in [9.17, 15) is 0 Å². The SMILES string of the molecule is Cc1cc(C#N)ccc1Cn1ccc2c(Br)cccc21. The number of aryl methyl sites for hydroxylation is 1. The molecule has 3 rings (SSSR count). The Balaban J connectivity index is 2.02. The van der Waals surface area contributed by atoms with Gasteiger partial charge in [0.15, 0.2) is 0 Å². The molecule has 0 atom stereocenters. The molecule has 3 aromatic rings. The van der Waals surface area contributed by atoms with Gasteiger partial charge in [0, 0.05) is 28.1 Å². The molecule has 0 amide bonds. The van der Waals surface area contributed by atoms with E-state index in [-0.39, 0.29) is 0 Å². The summed E-state index contributed by atoms with van der Waals surface area (Å²) >= 11 is 3.58. The lowest BCUT2D eigenvalue weighted by molar-refractivity contribution is 0.830. The van der Waals surface area contributed by atoms with Gasteiger partial charge in [0.1, 0.15) is 0 Å². The Morgan fingerprint density at radius 1 is 1.20 bits per heavy atom. The minimum absolute atomic E-state index is 0.714. The van der Waals surface area contributed by atoms with Gasteiger partial charge in [-0.05, 0) is 48.4 Å². The highest BCUT2D eigenvalue weighted by atomic mass is 79.9. The van der Waals surface area contributed by atoms with Crippen molar-refractivity contribution in [2.24, 2.45) is 0 Å². The molecule has 0 fully saturated rings. The van der Waals surface area contributed by atoms with E-state index in [0.717, 1.165) is 16.6 Å². The van der Waals surface area contributed by atoms with Crippen molar-refractivity contribution < 1.29 is 0 Å². The molecule has 98 valence electrons. The fraction of sp³-hybridized carbons (Fsp3) is 0.118. The van der Waals surface area contributed by atoms with Crippen molar-refractivity contribution in [3.05, 3.63) is 69.8 Å². The topological polar surface area (TPSA) is 28.7 Å². The fourth-order valence-corrected chi connectivity index (χ4v) is 2.94. The van der Waals surface area contributed by atoms with Crippen LogP contribution in [0.5, 0.6) is 0 Å². The molecule has 0 aliphatic heterocycles. The molecule has 0 unspecified atom stereocenters. The van der Waals surface area contributed by atoms with Crippen molar-refractivity contribution in [3.8, 4) is 6.07 Å². The molecule has 2 nitrogen and oxygen atoms in total. The maximum absolute atomic E-state index is 8.92. The lowest BCUT2D eigenvalue weighted by Crippen LogP contribution is -2.00. The van der Waals surface area contributed by atoms with Crippen molar-refractivity contribution in [2.75, 3.05) is 0 Å². The number of hydrogen-bond acceptors (Lipinski definition) is 1. The average molecular weight is 325 g/mol. The van der Waals surface area contributed by atoms with Gasteiger partial charge in [-0.2, -0.15) is 5.26 Å². The van der Waals surface area contributed by atoms with Gasteiger partial charge >= 0.3 is 0 Å². The molecule has 20 heavy (non-hydrogen) atoms. The van der Waals surface area contributed by atoms with Gasteiger partial charge in [-0.3, -0.25) is 0 Å². The maximum Gasteiger partial charge on any atom is 0.0991 e. The van der Waals surface area contributed by atoms with E-state index < -0.39 is 0 Å². The molecule has 0 saturated heterocycles.